The van der Waals surface area contributed by atoms with Gasteiger partial charge in [-0.3, -0.25) is 4.79 Å². The quantitative estimate of drug-likeness (QED) is 0.312. The smallest absolute Gasteiger partial charge is 0.322 e. The van der Waals surface area contributed by atoms with Gasteiger partial charge in [0.25, 0.3) is 0 Å². The number of benzene rings is 2. The third-order valence-corrected chi connectivity index (χ3v) is 6.93. The number of nitrogens with one attached hydrogen (secondary N) is 1. The first-order valence-corrected chi connectivity index (χ1v) is 13.0. The number of aryl methyl sites for hydroxylation is 2. The molecule has 0 unspecified atom stereocenters. The molecular formula is C29H35N3O4S. The molecule has 0 aliphatic carbocycles. The number of urea groups is 1. The SMILES string of the molecule is C=CCN(CC(=O)N(CCc1ccc(OC)c(OC)c1)Cc1cccs1)C(=O)Nc1c(C)cccc1C. The van der Waals surface area contributed by atoms with Crippen molar-refractivity contribution in [1.29, 1.82) is 0 Å². The molecule has 0 radical (unpaired) electrons. The van der Waals surface area contributed by atoms with E-state index in [-0.39, 0.29) is 25.0 Å². The van der Waals surface area contributed by atoms with E-state index >= 15 is 0 Å². The van der Waals surface area contributed by atoms with Crippen molar-refractivity contribution in [2.45, 2.75) is 26.8 Å². The molecular weight excluding hydrogens is 486 g/mol. The van der Waals surface area contributed by atoms with E-state index in [1.807, 2.05) is 67.8 Å². The largest absolute Gasteiger partial charge is 0.493 e. The Bertz CT molecular complexity index is 1190. The van der Waals surface area contributed by atoms with Crippen LogP contribution in [0.2, 0.25) is 0 Å². The Morgan fingerprint density at radius 2 is 1.73 bits per heavy atom. The van der Waals surface area contributed by atoms with Gasteiger partial charge in [-0.15, -0.1) is 17.9 Å². The maximum atomic E-state index is 13.5. The lowest BCUT2D eigenvalue weighted by atomic mass is 10.1. The van der Waals surface area contributed by atoms with Crippen LogP contribution in [0.3, 0.4) is 0 Å². The number of hydrogen-bond donors (Lipinski definition) is 1. The molecule has 7 nitrogen and oxygen atoms in total. The summed E-state index contributed by atoms with van der Waals surface area (Å²) in [6, 6.07) is 15.3. The Hall–Kier alpha value is -3.78. The van der Waals surface area contributed by atoms with Gasteiger partial charge in [-0.25, -0.2) is 4.79 Å². The Labute approximate surface area is 223 Å². The van der Waals surface area contributed by atoms with Crippen LogP contribution >= 0.6 is 11.3 Å². The van der Waals surface area contributed by atoms with Gasteiger partial charge in [0, 0.05) is 23.7 Å². The van der Waals surface area contributed by atoms with Crippen molar-refractivity contribution in [3.8, 4) is 11.5 Å². The highest BCUT2D eigenvalue weighted by atomic mass is 32.1. The summed E-state index contributed by atoms with van der Waals surface area (Å²) in [4.78, 5) is 31.0. The normalized spacial score (nSPS) is 10.5. The minimum Gasteiger partial charge on any atom is -0.493 e. The standard InChI is InChI=1S/C29H35N3O4S/c1-6-15-32(29(34)30-28-21(2)9-7-10-22(28)3)20-27(33)31(19-24-11-8-17-37-24)16-14-23-12-13-25(35-4)26(18-23)36-5/h6-13,17-18H,1,14-16,19-20H2,2-5H3,(H,30,34). The zero-order chi connectivity index (χ0) is 26.8. The number of thiophene rings is 1. The lowest BCUT2D eigenvalue weighted by Crippen LogP contribution is -2.45. The fourth-order valence-corrected chi connectivity index (χ4v) is 4.74. The van der Waals surface area contributed by atoms with Crippen LogP contribution in [0.4, 0.5) is 10.5 Å². The maximum absolute atomic E-state index is 13.5. The fraction of sp³-hybridized carbons (Fsp3) is 0.310. The van der Waals surface area contributed by atoms with E-state index in [1.54, 1.807) is 36.5 Å². The van der Waals surface area contributed by atoms with Crippen molar-refractivity contribution < 1.29 is 19.1 Å². The average Bonchev–Trinajstić information content (AvgIpc) is 3.41. The Kier molecular flexibility index (Phi) is 10.1. The van der Waals surface area contributed by atoms with Crippen LogP contribution in [-0.2, 0) is 17.8 Å². The molecule has 8 heteroatoms. The first-order chi connectivity index (χ1) is 17.9. The predicted molar refractivity (Wildman–Crippen MR) is 150 cm³/mol. The number of rotatable bonds is 12. The summed E-state index contributed by atoms with van der Waals surface area (Å²) in [6.07, 6.45) is 2.26. The Morgan fingerprint density at radius 1 is 1.00 bits per heavy atom. The molecule has 0 aliphatic heterocycles. The zero-order valence-electron chi connectivity index (χ0n) is 22.0. The van der Waals surface area contributed by atoms with Crippen molar-refractivity contribution in [2.24, 2.45) is 0 Å². The Balaban J connectivity index is 1.75. The fourth-order valence-electron chi connectivity index (χ4n) is 4.02. The maximum Gasteiger partial charge on any atom is 0.322 e. The second kappa shape index (κ2) is 13.5. The van der Waals surface area contributed by atoms with Crippen LogP contribution in [0.25, 0.3) is 0 Å². The first kappa shape index (κ1) is 27.8. The summed E-state index contributed by atoms with van der Waals surface area (Å²) in [5.41, 5.74) is 3.72. The average molecular weight is 522 g/mol. The molecule has 0 saturated heterocycles. The second-order valence-corrected chi connectivity index (χ2v) is 9.73. The molecule has 3 rings (SSSR count). The van der Waals surface area contributed by atoms with E-state index in [0.29, 0.717) is 31.0 Å². The second-order valence-electron chi connectivity index (χ2n) is 8.70. The van der Waals surface area contributed by atoms with Crippen molar-refractivity contribution in [1.82, 2.24) is 9.80 Å². The molecule has 0 spiro atoms. The molecule has 3 amide bonds. The molecule has 1 heterocycles. The van der Waals surface area contributed by atoms with Gasteiger partial charge in [-0.05, 0) is 60.5 Å². The number of hydrogen-bond acceptors (Lipinski definition) is 5. The van der Waals surface area contributed by atoms with Crippen molar-refractivity contribution in [3.63, 3.8) is 0 Å². The van der Waals surface area contributed by atoms with Gasteiger partial charge in [0.2, 0.25) is 5.91 Å². The lowest BCUT2D eigenvalue weighted by Gasteiger charge is -2.27. The number of carbonyl (C=O) groups is 2. The van der Waals surface area contributed by atoms with Crippen LogP contribution in [0.1, 0.15) is 21.6 Å². The molecule has 0 bridgehead atoms. The number of anilines is 1. The van der Waals surface area contributed by atoms with E-state index in [4.69, 9.17) is 9.47 Å². The summed E-state index contributed by atoms with van der Waals surface area (Å²) in [6.45, 7) is 8.84. The highest BCUT2D eigenvalue weighted by Crippen LogP contribution is 2.28. The highest BCUT2D eigenvalue weighted by molar-refractivity contribution is 7.09. The zero-order valence-corrected chi connectivity index (χ0v) is 22.8. The van der Waals surface area contributed by atoms with Gasteiger partial charge in [-0.2, -0.15) is 0 Å². The van der Waals surface area contributed by atoms with Crippen LogP contribution in [0.5, 0.6) is 11.5 Å². The van der Waals surface area contributed by atoms with Gasteiger partial charge in [0.05, 0.1) is 20.8 Å². The minimum atomic E-state index is -0.332. The van der Waals surface area contributed by atoms with Crippen molar-refractivity contribution in [3.05, 3.63) is 88.1 Å². The third-order valence-electron chi connectivity index (χ3n) is 6.07. The first-order valence-electron chi connectivity index (χ1n) is 12.1. The number of amides is 3. The van der Waals surface area contributed by atoms with E-state index in [2.05, 4.69) is 11.9 Å². The van der Waals surface area contributed by atoms with Gasteiger partial charge in [-0.1, -0.05) is 36.4 Å². The topological polar surface area (TPSA) is 71.1 Å². The summed E-state index contributed by atoms with van der Waals surface area (Å²) in [5.74, 6) is 1.18. The van der Waals surface area contributed by atoms with E-state index in [0.717, 1.165) is 27.3 Å². The van der Waals surface area contributed by atoms with Gasteiger partial charge in [0.1, 0.15) is 6.54 Å². The number of para-hydroxylation sites is 1. The monoisotopic (exact) mass is 521 g/mol. The molecule has 196 valence electrons. The van der Waals surface area contributed by atoms with E-state index in [9.17, 15) is 9.59 Å². The molecule has 0 saturated carbocycles. The van der Waals surface area contributed by atoms with E-state index < -0.39 is 0 Å². The number of methoxy groups -OCH3 is 2. The Morgan fingerprint density at radius 3 is 2.35 bits per heavy atom. The molecule has 2 aromatic carbocycles. The van der Waals surface area contributed by atoms with Crippen molar-refractivity contribution in [2.75, 3.05) is 39.2 Å². The highest BCUT2D eigenvalue weighted by Gasteiger charge is 2.22. The number of carbonyl (C=O) groups excluding carboxylic acids is 2. The van der Waals surface area contributed by atoms with Crippen LogP contribution in [0.15, 0.2) is 66.6 Å². The molecule has 0 atom stereocenters. The van der Waals surface area contributed by atoms with Gasteiger partial charge >= 0.3 is 6.03 Å². The summed E-state index contributed by atoms with van der Waals surface area (Å²) in [5, 5.41) is 4.97. The summed E-state index contributed by atoms with van der Waals surface area (Å²) < 4.78 is 10.8. The predicted octanol–water partition coefficient (Wildman–Crippen LogP) is 5.67. The summed E-state index contributed by atoms with van der Waals surface area (Å²) >= 11 is 1.60. The third kappa shape index (κ3) is 7.60. The minimum absolute atomic E-state index is 0.0555. The number of ether oxygens (including phenoxy) is 2. The lowest BCUT2D eigenvalue weighted by molar-refractivity contribution is -0.132. The molecule has 0 aliphatic rings. The van der Waals surface area contributed by atoms with Crippen molar-refractivity contribution >= 4 is 29.0 Å². The van der Waals surface area contributed by atoms with Gasteiger partial charge in [0.15, 0.2) is 11.5 Å². The molecule has 1 N–H and O–H groups in total. The summed E-state index contributed by atoms with van der Waals surface area (Å²) in [7, 11) is 3.20. The molecule has 3 aromatic rings. The number of nitrogens with zero attached hydrogens (tertiary/aromatic N) is 2. The van der Waals surface area contributed by atoms with Crippen LogP contribution in [-0.4, -0.2) is 55.6 Å². The molecule has 0 fully saturated rings. The van der Waals surface area contributed by atoms with Crippen LogP contribution < -0.4 is 14.8 Å². The molecule has 1 aromatic heterocycles. The molecule has 37 heavy (non-hydrogen) atoms. The van der Waals surface area contributed by atoms with Crippen LogP contribution in [0, 0.1) is 13.8 Å². The van der Waals surface area contributed by atoms with Gasteiger partial charge < -0.3 is 24.6 Å². The van der Waals surface area contributed by atoms with E-state index in [1.165, 1.54) is 4.90 Å².